The number of fused-ring (bicyclic) bond motifs is 1. The lowest BCUT2D eigenvalue weighted by Gasteiger charge is -2.11. The van der Waals surface area contributed by atoms with E-state index in [2.05, 4.69) is 20.5 Å². The molecule has 6 nitrogen and oxygen atoms in total. The summed E-state index contributed by atoms with van der Waals surface area (Å²) in [6.45, 7) is 1.93. The van der Waals surface area contributed by atoms with Gasteiger partial charge in [0, 0.05) is 5.02 Å². The third-order valence-corrected chi connectivity index (χ3v) is 6.36. The Kier molecular flexibility index (Phi) is 5.62. The van der Waals surface area contributed by atoms with Crippen molar-refractivity contribution in [2.45, 2.75) is 13.0 Å². The van der Waals surface area contributed by atoms with Crippen LogP contribution < -0.4 is 5.32 Å². The number of carbonyl (C=O) groups excluding carboxylic acids is 1. The van der Waals surface area contributed by atoms with E-state index in [-0.39, 0.29) is 28.8 Å². The first-order valence-electron chi connectivity index (χ1n) is 10.0. The van der Waals surface area contributed by atoms with E-state index in [4.69, 9.17) is 16.0 Å². The van der Waals surface area contributed by atoms with E-state index in [0.29, 0.717) is 10.5 Å². The monoisotopic (exact) mass is 478 g/mol. The highest BCUT2D eigenvalue weighted by Crippen LogP contribution is 2.30. The van der Waals surface area contributed by atoms with E-state index in [1.54, 1.807) is 24.3 Å². The Bertz CT molecular complexity index is 1450. The Balaban J connectivity index is 1.35. The van der Waals surface area contributed by atoms with E-state index in [1.165, 1.54) is 23.5 Å². The molecule has 164 valence electrons. The van der Waals surface area contributed by atoms with Gasteiger partial charge in [-0.3, -0.25) is 4.79 Å². The molecule has 9 heteroatoms. The number of halogens is 2. The molecule has 0 aliphatic carbocycles. The predicted molar refractivity (Wildman–Crippen MR) is 126 cm³/mol. The highest BCUT2D eigenvalue weighted by atomic mass is 35.5. The molecule has 0 saturated carbocycles. The van der Waals surface area contributed by atoms with Crippen molar-refractivity contribution in [3.8, 4) is 11.1 Å². The molecular formula is C24H16ClFN4O2S. The van der Waals surface area contributed by atoms with Crippen molar-refractivity contribution in [2.75, 3.05) is 5.32 Å². The second kappa shape index (κ2) is 8.73. The minimum atomic E-state index is -0.445. The molecule has 1 atom stereocenters. The maximum absolute atomic E-state index is 13.2. The molecule has 1 unspecified atom stereocenters. The van der Waals surface area contributed by atoms with E-state index < -0.39 is 5.78 Å². The first-order valence-corrected chi connectivity index (χ1v) is 11.2. The lowest BCUT2D eigenvalue weighted by Crippen LogP contribution is -2.06. The van der Waals surface area contributed by atoms with E-state index in [9.17, 15) is 9.18 Å². The van der Waals surface area contributed by atoms with Gasteiger partial charge in [0.15, 0.2) is 5.01 Å². The third-order valence-electron chi connectivity index (χ3n) is 5.09. The van der Waals surface area contributed by atoms with E-state index in [0.717, 1.165) is 21.4 Å². The predicted octanol–water partition coefficient (Wildman–Crippen LogP) is 6.54. The number of nitrogens with one attached hydrogen (secondary N) is 1. The molecule has 0 fully saturated rings. The van der Waals surface area contributed by atoms with Crippen LogP contribution >= 0.6 is 22.9 Å². The molecule has 5 rings (SSSR count). The van der Waals surface area contributed by atoms with Gasteiger partial charge in [-0.1, -0.05) is 47.0 Å². The SMILES string of the molecule is CC(Nc1nnc(C(=O)c2nc3ccc(-c4ccc(F)cc4)cc3s2)o1)c1ccc(Cl)cc1. The highest BCUT2D eigenvalue weighted by molar-refractivity contribution is 7.20. The number of thiazole rings is 1. The summed E-state index contributed by atoms with van der Waals surface area (Å²) < 4.78 is 19.6. The summed E-state index contributed by atoms with van der Waals surface area (Å²) in [7, 11) is 0. The van der Waals surface area contributed by atoms with Gasteiger partial charge < -0.3 is 9.73 Å². The number of hydrogen-bond donors (Lipinski definition) is 1. The van der Waals surface area contributed by atoms with Crippen LogP contribution in [0.15, 0.2) is 71.1 Å². The number of ketones is 1. The van der Waals surface area contributed by atoms with Crippen molar-refractivity contribution in [3.05, 3.63) is 94.0 Å². The van der Waals surface area contributed by atoms with Gasteiger partial charge in [0.05, 0.1) is 16.3 Å². The molecule has 1 N–H and O–H groups in total. The zero-order valence-corrected chi connectivity index (χ0v) is 18.8. The molecule has 0 bridgehead atoms. The van der Waals surface area contributed by atoms with Crippen LogP contribution in [0.5, 0.6) is 0 Å². The van der Waals surface area contributed by atoms with Crippen molar-refractivity contribution in [3.63, 3.8) is 0 Å². The van der Waals surface area contributed by atoms with Crippen molar-refractivity contribution >= 4 is 45.0 Å². The van der Waals surface area contributed by atoms with Gasteiger partial charge in [-0.05, 0) is 60.0 Å². The summed E-state index contributed by atoms with van der Waals surface area (Å²) in [5.41, 5.74) is 3.45. The maximum atomic E-state index is 13.2. The molecule has 0 radical (unpaired) electrons. The number of aromatic nitrogens is 3. The molecule has 33 heavy (non-hydrogen) atoms. The average Bonchev–Trinajstić information content (AvgIpc) is 3.46. The van der Waals surface area contributed by atoms with Crippen LogP contribution in [0.2, 0.25) is 5.02 Å². The minimum Gasteiger partial charge on any atom is -0.400 e. The Morgan fingerprint density at radius 1 is 1.03 bits per heavy atom. The zero-order chi connectivity index (χ0) is 22.9. The van der Waals surface area contributed by atoms with E-state index >= 15 is 0 Å². The lowest BCUT2D eigenvalue weighted by atomic mass is 10.1. The van der Waals surface area contributed by atoms with Gasteiger partial charge in [-0.25, -0.2) is 9.37 Å². The topological polar surface area (TPSA) is 80.9 Å². The number of benzene rings is 3. The summed E-state index contributed by atoms with van der Waals surface area (Å²) in [4.78, 5) is 17.3. The minimum absolute atomic E-state index is 0.127. The fourth-order valence-electron chi connectivity index (χ4n) is 3.33. The second-order valence-corrected chi connectivity index (χ2v) is 8.83. The highest BCUT2D eigenvalue weighted by Gasteiger charge is 2.22. The molecule has 0 saturated heterocycles. The number of nitrogens with zero attached hydrogens (tertiary/aromatic N) is 3. The summed E-state index contributed by atoms with van der Waals surface area (Å²) >= 11 is 7.17. The first kappa shape index (κ1) is 21.2. The summed E-state index contributed by atoms with van der Waals surface area (Å²) in [5.74, 6) is -0.876. The van der Waals surface area contributed by atoms with Crippen LogP contribution in [-0.4, -0.2) is 21.0 Å². The Labute approximate surface area is 197 Å². The Morgan fingerprint density at radius 3 is 2.52 bits per heavy atom. The molecular weight excluding hydrogens is 463 g/mol. The van der Waals surface area contributed by atoms with Crippen molar-refractivity contribution in [1.29, 1.82) is 0 Å². The lowest BCUT2D eigenvalue weighted by molar-refractivity contribution is 0.100. The van der Waals surface area contributed by atoms with Crippen LogP contribution in [0.25, 0.3) is 21.3 Å². The number of anilines is 1. The average molecular weight is 479 g/mol. The van der Waals surface area contributed by atoms with Gasteiger partial charge >= 0.3 is 6.01 Å². The third kappa shape index (κ3) is 4.48. The van der Waals surface area contributed by atoms with Crippen LogP contribution in [0.3, 0.4) is 0 Å². The first-order chi connectivity index (χ1) is 16.0. The number of hydrogen-bond acceptors (Lipinski definition) is 7. The van der Waals surface area contributed by atoms with Crippen LogP contribution in [0.4, 0.5) is 10.4 Å². The van der Waals surface area contributed by atoms with E-state index in [1.807, 2.05) is 37.3 Å². The second-order valence-electron chi connectivity index (χ2n) is 7.37. The quantitative estimate of drug-likeness (QED) is 0.279. The maximum Gasteiger partial charge on any atom is 0.316 e. The summed E-state index contributed by atoms with van der Waals surface area (Å²) in [6, 6.07) is 19.3. The molecule has 0 spiro atoms. The largest absolute Gasteiger partial charge is 0.400 e. The van der Waals surface area contributed by atoms with Gasteiger partial charge in [0.25, 0.3) is 11.7 Å². The number of rotatable bonds is 6. The molecule has 3 aromatic carbocycles. The molecule has 2 aromatic heterocycles. The molecule has 0 aliphatic heterocycles. The molecule has 0 amide bonds. The smallest absolute Gasteiger partial charge is 0.316 e. The van der Waals surface area contributed by atoms with Crippen molar-refractivity contribution in [1.82, 2.24) is 15.2 Å². The van der Waals surface area contributed by atoms with Gasteiger partial charge in [-0.2, -0.15) is 0 Å². The molecule has 0 aliphatic rings. The van der Waals surface area contributed by atoms with Crippen LogP contribution in [0, 0.1) is 5.82 Å². The molecule has 5 aromatic rings. The van der Waals surface area contributed by atoms with Crippen LogP contribution in [-0.2, 0) is 0 Å². The summed E-state index contributed by atoms with van der Waals surface area (Å²) in [6.07, 6.45) is 0. The summed E-state index contributed by atoms with van der Waals surface area (Å²) in [5, 5.41) is 11.8. The van der Waals surface area contributed by atoms with Gasteiger partial charge in [-0.15, -0.1) is 16.4 Å². The fraction of sp³-hybridized carbons (Fsp3) is 0.0833. The van der Waals surface area contributed by atoms with Gasteiger partial charge in [0.1, 0.15) is 5.82 Å². The standard InChI is InChI=1S/C24H16ClFN4O2S/c1-13(14-2-7-17(25)8-3-14)27-24-30-29-22(32-24)21(31)23-28-19-11-6-16(12-20(19)33-23)15-4-9-18(26)10-5-15/h2-13H,1H3,(H,27,30). The zero-order valence-electron chi connectivity index (χ0n) is 17.3. The van der Waals surface area contributed by atoms with Crippen molar-refractivity contribution < 1.29 is 13.6 Å². The Hall–Kier alpha value is -3.62. The number of carbonyl (C=O) groups is 1. The Morgan fingerprint density at radius 2 is 1.76 bits per heavy atom. The van der Waals surface area contributed by atoms with Gasteiger partial charge in [0.2, 0.25) is 0 Å². The molecule has 2 heterocycles. The fourth-order valence-corrected chi connectivity index (χ4v) is 4.39. The normalized spacial score (nSPS) is 12.1. The van der Waals surface area contributed by atoms with Crippen LogP contribution in [0.1, 0.15) is 34.2 Å². The van der Waals surface area contributed by atoms with Crippen molar-refractivity contribution in [2.24, 2.45) is 0 Å².